The maximum Gasteiger partial charge on any atom is 0.135 e. The zero-order valence-corrected chi connectivity index (χ0v) is 10.5. The molecule has 2 heteroatoms. The lowest BCUT2D eigenvalue weighted by Crippen LogP contribution is -2.31. The Hall–Kier alpha value is -0.0800. The molecule has 1 N–H and O–H groups in total. The standard InChI is InChI=1S/C12H25NO/c1-7-13-10-9(14-10)12(5,6)8-11(2,3)4/h9-10,13H,7-8H2,1-6H3. The SMILES string of the molecule is CCNC1OC1C(C)(C)CC(C)(C)C. The summed E-state index contributed by atoms with van der Waals surface area (Å²) in [7, 11) is 0. The average molecular weight is 199 g/mol. The van der Waals surface area contributed by atoms with Gasteiger partial charge in [0.05, 0.1) is 0 Å². The Labute approximate surface area is 88.4 Å². The van der Waals surface area contributed by atoms with E-state index in [1.165, 1.54) is 6.42 Å². The number of hydrogen-bond donors (Lipinski definition) is 1. The van der Waals surface area contributed by atoms with Crippen LogP contribution in [0.2, 0.25) is 0 Å². The summed E-state index contributed by atoms with van der Waals surface area (Å²) in [5.41, 5.74) is 0.664. The van der Waals surface area contributed by atoms with Crippen molar-refractivity contribution in [2.24, 2.45) is 10.8 Å². The molecule has 1 rings (SSSR count). The lowest BCUT2D eigenvalue weighted by atomic mass is 9.74. The van der Waals surface area contributed by atoms with Crippen molar-refractivity contribution in [1.29, 1.82) is 0 Å². The second-order valence-electron chi connectivity index (χ2n) is 6.26. The first-order valence-electron chi connectivity index (χ1n) is 5.65. The molecule has 0 saturated carbocycles. The summed E-state index contributed by atoms with van der Waals surface area (Å²) in [6.45, 7) is 14.6. The molecular formula is C12H25NO. The molecule has 0 amide bonds. The van der Waals surface area contributed by atoms with Crippen molar-refractivity contribution in [3.63, 3.8) is 0 Å². The van der Waals surface area contributed by atoms with Crippen molar-refractivity contribution >= 4 is 0 Å². The van der Waals surface area contributed by atoms with Crippen LogP contribution in [0.4, 0.5) is 0 Å². The minimum absolute atomic E-state index is 0.283. The van der Waals surface area contributed by atoms with Crippen LogP contribution >= 0.6 is 0 Å². The molecule has 0 spiro atoms. The van der Waals surface area contributed by atoms with E-state index in [-0.39, 0.29) is 5.41 Å². The van der Waals surface area contributed by atoms with Gasteiger partial charge < -0.3 is 4.74 Å². The van der Waals surface area contributed by atoms with E-state index in [1.807, 2.05) is 0 Å². The monoisotopic (exact) mass is 199 g/mol. The van der Waals surface area contributed by atoms with Gasteiger partial charge in [-0.15, -0.1) is 0 Å². The molecule has 0 bridgehead atoms. The van der Waals surface area contributed by atoms with Crippen molar-refractivity contribution < 1.29 is 4.74 Å². The molecule has 84 valence electrons. The number of ether oxygens (including phenoxy) is 1. The number of epoxide rings is 1. The molecule has 2 atom stereocenters. The van der Waals surface area contributed by atoms with Crippen LogP contribution in [0.3, 0.4) is 0 Å². The van der Waals surface area contributed by atoms with Crippen molar-refractivity contribution in [1.82, 2.24) is 5.32 Å². The van der Waals surface area contributed by atoms with Gasteiger partial charge in [-0.3, -0.25) is 5.32 Å². The second kappa shape index (κ2) is 3.82. The molecule has 1 aliphatic heterocycles. The van der Waals surface area contributed by atoms with E-state index in [2.05, 4.69) is 46.9 Å². The number of nitrogens with one attached hydrogen (secondary N) is 1. The van der Waals surface area contributed by atoms with Crippen LogP contribution in [0.1, 0.15) is 48.0 Å². The Morgan fingerprint density at radius 1 is 1.14 bits per heavy atom. The van der Waals surface area contributed by atoms with Gasteiger partial charge in [-0.25, -0.2) is 0 Å². The van der Waals surface area contributed by atoms with E-state index in [9.17, 15) is 0 Å². The van der Waals surface area contributed by atoms with Gasteiger partial charge in [0, 0.05) is 0 Å². The quantitative estimate of drug-likeness (QED) is 0.704. The summed E-state index contributed by atoms with van der Waals surface area (Å²) in [6, 6.07) is 0. The summed E-state index contributed by atoms with van der Waals surface area (Å²) in [5, 5.41) is 3.34. The van der Waals surface area contributed by atoms with Crippen LogP contribution in [-0.2, 0) is 4.74 Å². The highest BCUT2D eigenvalue weighted by atomic mass is 16.6. The van der Waals surface area contributed by atoms with Crippen molar-refractivity contribution in [3.8, 4) is 0 Å². The summed E-state index contributed by atoms with van der Waals surface area (Å²) in [5.74, 6) is 0. The van der Waals surface area contributed by atoms with Gasteiger partial charge in [0.25, 0.3) is 0 Å². The largest absolute Gasteiger partial charge is 0.353 e. The lowest BCUT2D eigenvalue weighted by molar-refractivity contribution is 0.160. The summed E-state index contributed by atoms with van der Waals surface area (Å²) in [4.78, 5) is 0. The first-order chi connectivity index (χ1) is 6.26. The first-order valence-corrected chi connectivity index (χ1v) is 5.65. The van der Waals surface area contributed by atoms with E-state index in [0.717, 1.165) is 6.54 Å². The van der Waals surface area contributed by atoms with Crippen LogP contribution in [-0.4, -0.2) is 18.9 Å². The Morgan fingerprint density at radius 3 is 2.14 bits per heavy atom. The normalized spacial score (nSPS) is 27.9. The van der Waals surface area contributed by atoms with Gasteiger partial charge in [-0.2, -0.15) is 0 Å². The van der Waals surface area contributed by atoms with Gasteiger partial charge in [-0.1, -0.05) is 41.5 Å². The topological polar surface area (TPSA) is 24.6 Å². The summed E-state index contributed by atoms with van der Waals surface area (Å²) < 4.78 is 5.66. The van der Waals surface area contributed by atoms with E-state index >= 15 is 0 Å². The Morgan fingerprint density at radius 2 is 1.71 bits per heavy atom. The summed E-state index contributed by atoms with van der Waals surface area (Å²) >= 11 is 0. The molecular weight excluding hydrogens is 174 g/mol. The Balaban J connectivity index is 2.43. The zero-order valence-electron chi connectivity index (χ0n) is 10.5. The number of rotatable bonds is 4. The second-order valence-corrected chi connectivity index (χ2v) is 6.26. The van der Waals surface area contributed by atoms with Crippen molar-refractivity contribution in [2.45, 2.75) is 60.3 Å². The molecule has 1 heterocycles. The first kappa shape index (κ1) is 12.0. The molecule has 0 aliphatic carbocycles. The van der Waals surface area contributed by atoms with Crippen molar-refractivity contribution in [3.05, 3.63) is 0 Å². The fraction of sp³-hybridized carbons (Fsp3) is 1.00. The molecule has 1 aliphatic rings. The van der Waals surface area contributed by atoms with Gasteiger partial charge in [0.1, 0.15) is 12.3 Å². The highest BCUT2D eigenvalue weighted by Crippen LogP contribution is 2.44. The Bertz CT molecular complexity index is 193. The molecule has 14 heavy (non-hydrogen) atoms. The third-order valence-corrected chi connectivity index (χ3v) is 2.65. The maximum atomic E-state index is 5.66. The molecule has 2 nitrogen and oxygen atoms in total. The van der Waals surface area contributed by atoms with Crippen LogP contribution < -0.4 is 5.32 Å². The number of hydrogen-bond acceptors (Lipinski definition) is 2. The predicted octanol–water partition coefficient (Wildman–Crippen LogP) is 2.78. The predicted molar refractivity (Wildman–Crippen MR) is 60.2 cm³/mol. The highest BCUT2D eigenvalue weighted by Gasteiger charge is 2.50. The third kappa shape index (κ3) is 3.25. The maximum absolute atomic E-state index is 5.66. The van der Waals surface area contributed by atoms with Crippen LogP contribution in [0.25, 0.3) is 0 Å². The average Bonchev–Trinajstić information content (AvgIpc) is 2.62. The van der Waals surface area contributed by atoms with Crippen LogP contribution in [0, 0.1) is 10.8 Å². The fourth-order valence-corrected chi connectivity index (χ4v) is 2.53. The minimum atomic E-state index is 0.283. The minimum Gasteiger partial charge on any atom is -0.353 e. The van der Waals surface area contributed by atoms with Gasteiger partial charge in [-0.05, 0) is 23.8 Å². The van der Waals surface area contributed by atoms with Gasteiger partial charge in [0.2, 0.25) is 0 Å². The molecule has 0 radical (unpaired) electrons. The molecule has 1 fully saturated rings. The molecule has 0 aromatic heterocycles. The Kier molecular flexibility index (Phi) is 3.27. The lowest BCUT2D eigenvalue weighted by Gasteiger charge is -2.31. The molecule has 1 saturated heterocycles. The van der Waals surface area contributed by atoms with Gasteiger partial charge in [0.15, 0.2) is 0 Å². The van der Waals surface area contributed by atoms with Crippen LogP contribution in [0.5, 0.6) is 0 Å². The molecule has 2 unspecified atom stereocenters. The molecule has 0 aromatic rings. The van der Waals surface area contributed by atoms with Crippen molar-refractivity contribution in [2.75, 3.05) is 6.54 Å². The van der Waals surface area contributed by atoms with E-state index in [0.29, 0.717) is 17.7 Å². The number of likely N-dealkylation sites (N-methyl/N-ethyl adjacent to an activating group) is 1. The highest BCUT2D eigenvalue weighted by molar-refractivity contribution is 4.96. The van der Waals surface area contributed by atoms with E-state index in [4.69, 9.17) is 4.74 Å². The fourth-order valence-electron chi connectivity index (χ4n) is 2.53. The van der Waals surface area contributed by atoms with Crippen LogP contribution in [0.15, 0.2) is 0 Å². The third-order valence-electron chi connectivity index (χ3n) is 2.65. The van der Waals surface area contributed by atoms with Gasteiger partial charge >= 0.3 is 0 Å². The van der Waals surface area contributed by atoms with E-state index in [1.54, 1.807) is 0 Å². The smallest absolute Gasteiger partial charge is 0.135 e. The van der Waals surface area contributed by atoms with E-state index < -0.39 is 0 Å². The summed E-state index contributed by atoms with van der Waals surface area (Å²) in [6.07, 6.45) is 1.91. The zero-order chi connectivity index (χ0) is 11.0. The molecule has 0 aromatic carbocycles.